The van der Waals surface area contributed by atoms with Crippen molar-refractivity contribution >= 4 is 11.9 Å². The lowest BCUT2D eigenvalue weighted by Gasteiger charge is -2.08. The first-order valence-electron chi connectivity index (χ1n) is 7.48. The zero-order chi connectivity index (χ0) is 16.1. The van der Waals surface area contributed by atoms with Crippen LogP contribution in [0.1, 0.15) is 58.8 Å². The van der Waals surface area contributed by atoms with Gasteiger partial charge >= 0.3 is 6.03 Å². The topological polar surface area (TPSA) is 108 Å². The van der Waals surface area contributed by atoms with E-state index in [-0.39, 0.29) is 5.57 Å². The number of nitriles is 1. The van der Waals surface area contributed by atoms with Gasteiger partial charge in [0.1, 0.15) is 11.6 Å². The Balaban J connectivity index is 4.01. The molecule has 0 aliphatic rings. The maximum absolute atomic E-state index is 11.5. The number of nitrogens with zero attached hydrogens (tertiary/aromatic N) is 1. The van der Waals surface area contributed by atoms with Crippen LogP contribution in [0.2, 0.25) is 0 Å². The molecule has 4 N–H and O–H groups in total. The van der Waals surface area contributed by atoms with Crippen LogP contribution < -0.4 is 16.4 Å². The van der Waals surface area contributed by atoms with E-state index < -0.39 is 11.9 Å². The molecule has 0 heterocycles. The lowest BCUT2D eigenvalue weighted by Crippen LogP contribution is -2.36. The van der Waals surface area contributed by atoms with Gasteiger partial charge < -0.3 is 11.1 Å². The average Bonchev–Trinajstić information content (AvgIpc) is 2.41. The fourth-order valence-corrected chi connectivity index (χ4v) is 1.93. The SMILES string of the molecule is CCCCCCCCCN/C(C)=C(/C#N)C(=O)NC(N)=O. The fourth-order valence-electron chi connectivity index (χ4n) is 1.93. The highest BCUT2D eigenvalue weighted by molar-refractivity contribution is 6.06. The molecule has 0 atom stereocenters. The van der Waals surface area contributed by atoms with E-state index in [2.05, 4.69) is 12.2 Å². The molecule has 0 aliphatic carbocycles. The third-order valence-electron chi connectivity index (χ3n) is 3.12. The van der Waals surface area contributed by atoms with E-state index in [0.29, 0.717) is 12.2 Å². The van der Waals surface area contributed by atoms with E-state index >= 15 is 0 Å². The molecule has 0 spiro atoms. The fraction of sp³-hybridized carbons (Fsp3) is 0.667. The van der Waals surface area contributed by atoms with E-state index in [0.717, 1.165) is 12.8 Å². The molecule has 0 rings (SSSR count). The normalized spacial score (nSPS) is 11.3. The van der Waals surface area contributed by atoms with Crippen LogP contribution in [-0.4, -0.2) is 18.5 Å². The smallest absolute Gasteiger partial charge is 0.319 e. The van der Waals surface area contributed by atoms with E-state index in [9.17, 15) is 9.59 Å². The molecule has 6 heteroatoms. The summed E-state index contributed by atoms with van der Waals surface area (Å²) in [6.45, 7) is 4.54. The Morgan fingerprint density at radius 3 is 2.19 bits per heavy atom. The zero-order valence-corrected chi connectivity index (χ0v) is 13.0. The largest absolute Gasteiger partial charge is 0.387 e. The van der Waals surface area contributed by atoms with Crippen molar-refractivity contribution in [1.29, 1.82) is 5.26 Å². The Kier molecular flexibility index (Phi) is 10.6. The van der Waals surface area contributed by atoms with Gasteiger partial charge in [-0.25, -0.2) is 4.79 Å². The molecule has 0 unspecified atom stereocenters. The molecule has 118 valence electrons. The number of carbonyl (C=O) groups is 2. The van der Waals surface area contributed by atoms with Crippen LogP contribution >= 0.6 is 0 Å². The number of unbranched alkanes of at least 4 members (excludes halogenated alkanes) is 6. The first-order chi connectivity index (χ1) is 10.0. The summed E-state index contributed by atoms with van der Waals surface area (Å²) in [4.78, 5) is 22.1. The molecule has 21 heavy (non-hydrogen) atoms. The van der Waals surface area contributed by atoms with Crippen LogP contribution in [0.5, 0.6) is 0 Å². The van der Waals surface area contributed by atoms with Crippen molar-refractivity contribution in [3.63, 3.8) is 0 Å². The minimum absolute atomic E-state index is 0.114. The second-order valence-corrected chi connectivity index (χ2v) is 4.98. The van der Waals surface area contributed by atoms with Crippen molar-refractivity contribution in [2.24, 2.45) is 5.73 Å². The van der Waals surface area contributed by atoms with Crippen molar-refractivity contribution < 1.29 is 9.59 Å². The number of imide groups is 1. The summed E-state index contributed by atoms with van der Waals surface area (Å²) in [5.41, 5.74) is 5.20. The number of hydrogen-bond donors (Lipinski definition) is 3. The van der Waals surface area contributed by atoms with E-state index in [4.69, 9.17) is 11.0 Å². The van der Waals surface area contributed by atoms with Crippen molar-refractivity contribution in [3.05, 3.63) is 11.3 Å². The average molecular weight is 294 g/mol. The molecular weight excluding hydrogens is 268 g/mol. The van der Waals surface area contributed by atoms with Gasteiger partial charge in [-0.2, -0.15) is 5.26 Å². The summed E-state index contributed by atoms with van der Waals surface area (Å²) in [5.74, 6) is -0.769. The number of primary amides is 1. The molecule has 0 aromatic carbocycles. The summed E-state index contributed by atoms with van der Waals surface area (Å²) in [7, 11) is 0. The summed E-state index contributed by atoms with van der Waals surface area (Å²) < 4.78 is 0. The first kappa shape index (κ1) is 19.0. The summed E-state index contributed by atoms with van der Waals surface area (Å²) in [6.07, 6.45) is 8.40. The van der Waals surface area contributed by atoms with Crippen LogP contribution in [0.3, 0.4) is 0 Å². The molecule has 0 aromatic rings. The third-order valence-corrected chi connectivity index (χ3v) is 3.12. The van der Waals surface area contributed by atoms with Gasteiger partial charge in [-0.15, -0.1) is 0 Å². The van der Waals surface area contributed by atoms with Crippen molar-refractivity contribution in [1.82, 2.24) is 10.6 Å². The molecule has 0 aliphatic heterocycles. The van der Waals surface area contributed by atoms with E-state index in [1.54, 1.807) is 13.0 Å². The molecular formula is C15H26N4O2. The van der Waals surface area contributed by atoms with Gasteiger partial charge in [0.25, 0.3) is 5.91 Å². The molecule has 0 radical (unpaired) electrons. The molecule has 0 fully saturated rings. The predicted molar refractivity (Wildman–Crippen MR) is 82.0 cm³/mol. The van der Waals surface area contributed by atoms with Gasteiger partial charge in [-0.1, -0.05) is 45.4 Å². The van der Waals surface area contributed by atoms with Crippen molar-refractivity contribution in [2.75, 3.05) is 6.54 Å². The number of urea groups is 1. The molecule has 3 amide bonds. The van der Waals surface area contributed by atoms with Gasteiger partial charge in [-0.3, -0.25) is 10.1 Å². The highest BCUT2D eigenvalue weighted by Gasteiger charge is 2.13. The number of nitrogens with two attached hydrogens (primary N) is 1. The second kappa shape index (κ2) is 11.8. The Morgan fingerprint density at radius 2 is 1.67 bits per heavy atom. The van der Waals surface area contributed by atoms with Crippen molar-refractivity contribution in [2.45, 2.75) is 58.8 Å². The highest BCUT2D eigenvalue weighted by atomic mass is 16.2. The number of hydrogen-bond acceptors (Lipinski definition) is 4. The number of amides is 3. The number of allylic oxidation sites excluding steroid dienone is 1. The monoisotopic (exact) mass is 294 g/mol. The predicted octanol–water partition coefficient (Wildman–Crippen LogP) is 2.32. The molecule has 0 saturated heterocycles. The van der Waals surface area contributed by atoms with Gasteiger partial charge in [0, 0.05) is 12.2 Å². The standard InChI is InChI=1S/C15H26N4O2/c1-3-4-5-6-7-8-9-10-18-12(2)13(11-16)14(20)19-15(17)21/h18H,3-10H2,1-2H3,(H3,17,19,20,21)/b13-12-. The second-order valence-electron chi connectivity index (χ2n) is 4.98. The Morgan fingerprint density at radius 1 is 1.10 bits per heavy atom. The minimum atomic E-state index is -0.965. The zero-order valence-electron chi connectivity index (χ0n) is 13.0. The molecule has 6 nitrogen and oxygen atoms in total. The Labute approximate surface area is 126 Å². The van der Waals surface area contributed by atoms with Crippen LogP contribution in [0.25, 0.3) is 0 Å². The molecule has 0 aromatic heterocycles. The first-order valence-corrected chi connectivity index (χ1v) is 7.48. The lowest BCUT2D eigenvalue weighted by molar-refractivity contribution is -0.116. The Hall–Kier alpha value is -2.03. The third kappa shape index (κ3) is 9.50. The molecule has 0 bridgehead atoms. The number of rotatable bonds is 10. The van der Waals surface area contributed by atoms with Gasteiger partial charge in [0.15, 0.2) is 0 Å². The van der Waals surface area contributed by atoms with Crippen molar-refractivity contribution in [3.8, 4) is 6.07 Å². The van der Waals surface area contributed by atoms with Crippen LogP contribution in [0.15, 0.2) is 11.3 Å². The van der Waals surface area contributed by atoms with Crippen LogP contribution in [-0.2, 0) is 4.79 Å². The number of carbonyl (C=O) groups excluding carboxylic acids is 2. The maximum atomic E-state index is 11.5. The summed E-state index contributed by atoms with van der Waals surface area (Å²) >= 11 is 0. The van der Waals surface area contributed by atoms with Gasteiger partial charge in [0.2, 0.25) is 0 Å². The molecule has 0 saturated carbocycles. The van der Waals surface area contributed by atoms with E-state index in [1.165, 1.54) is 32.1 Å². The van der Waals surface area contributed by atoms with Crippen LogP contribution in [0, 0.1) is 11.3 Å². The van der Waals surface area contributed by atoms with E-state index in [1.807, 2.05) is 5.32 Å². The highest BCUT2D eigenvalue weighted by Crippen LogP contribution is 2.07. The number of nitrogens with one attached hydrogen (secondary N) is 2. The van der Waals surface area contributed by atoms with Gasteiger partial charge in [0.05, 0.1) is 0 Å². The minimum Gasteiger partial charge on any atom is -0.387 e. The Bertz CT molecular complexity index is 410. The summed E-state index contributed by atoms with van der Waals surface area (Å²) in [5, 5.41) is 13.9. The van der Waals surface area contributed by atoms with Gasteiger partial charge in [-0.05, 0) is 13.3 Å². The summed E-state index contributed by atoms with van der Waals surface area (Å²) in [6, 6.07) is 0.814. The maximum Gasteiger partial charge on any atom is 0.319 e. The lowest BCUT2D eigenvalue weighted by atomic mass is 10.1. The van der Waals surface area contributed by atoms with Crippen LogP contribution in [0.4, 0.5) is 4.79 Å². The quantitative estimate of drug-likeness (QED) is 0.326.